The Morgan fingerprint density at radius 3 is 2.40 bits per heavy atom. The fourth-order valence-electron chi connectivity index (χ4n) is 1.70. The molecule has 20 heavy (non-hydrogen) atoms. The van der Waals surface area contributed by atoms with Gasteiger partial charge in [0, 0.05) is 17.6 Å². The molecule has 0 aromatic heterocycles. The molecule has 0 heterocycles. The maximum atomic E-state index is 12.1. The predicted molar refractivity (Wildman–Crippen MR) is 77.0 cm³/mol. The molecule has 0 bridgehead atoms. The summed E-state index contributed by atoms with van der Waals surface area (Å²) < 4.78 is 26.7. The van der Waals surface area contributed by atoms with Crippen molar-refractivity contribution in [3.8, 4) is 0 Å². The van der Waals surface area contributed by atoms with E-state index in [2.05, 4.69) is 10.0 Å². The molecule has 0 radical (unpaired) electrons. The van der Waals surface area contributed by atoms with Crippen molar-refractivity contribution in [2.24, 2.45) is 0 Å². The van der Waals surface area contributed by atoms with Gasteiger partial charge < -0.3 is 5.32 Å². The number of benzene rings is 1. The van der Waals surface area contributed by atoms with Gasteiger partial charge in [-0.3, -0.25) is 4.79 Å². The summed E-state index contributed by atoms with van der Waals surface area (Å²) in [6, 6.07) is 6.20. The van der Waals surface area contributed by atoms with Crippen molar-refractivity contribution >= 4 is 15.9 Å². The van der Waals surface area contributed by atoms with Gasteiger partial charge in [0.2, 0.25) is 10.0 Å². The second-order valence-corrected chi connectivity index (χ2v) is 6.92. The van der Waals surface area contributed by atoms with Gasteiger partial charge in [0.15, 0.2) is 0 Å². The number of amides is 1. The van der Waals surface area contributed by atoms with Gasteiger partial charge in [0.1, 0.15) is 0 Å². The molecule has 1 atom stereocenters. The van der Waals surface area contributed by atoms with E-state index in [9.17, 15) is 13.2 Å². The highest BCUT2D eigenvalue weighted by molar-refractivity contribution is 7.89. The molecular weight excluding hydrogens is 276 g/mol. The van der Waals surface area contributed by atoms with Crippen molar-refractivity contribution in [1.29, 1.82) is 0 Å². The first-order valence-electron chi connectivity index (χ1n) is 6.85. The van der Waals surface area contributed by atoms with E-state index in [0.717, 1.165) is 19.3 Å². The van der Waals surface area contributed by atoms with Crippen LogP contribution in [-0.4, -0.2) is 26.4 Å². The third-order valence-electron chi connectivity index (χ3n) is 3.31. The fourth-order valence-corrected chi connectivity index (χ4v) is 3.02. The summed E-state index contributed by atoms with van der Waals surface area (Å²) in [5.74, 6) is -0.147. The first-order chi connectivity index (χ1) is 9.42. The summed E-state index contributed by atoms with van der Waals surface area (Å²) in [7, 11) is -3.51. The lowest BCUT2D eigenvalue weighted by molar-refractivity contribution is 0.0951. The van der Waals surface area contributed by atoms with Crippen molar-refractivity contribution < 1.29 is 13.2 Å². The Hall–Kier alpha value is -1.40. The summed E-state index contributed by atoms with van der Waals surface area (Å²) in [6.07, 6.45) is 2.77. The highest BCUT2D eigenvalue weighted by Crippen LogP contribution is 2.19. The van der Waals surface area contributed by atoms with Gasteiger partial charge in [-0.15, -0.1) is 0 Å². The molecule has 1 aliphatic carbocycles. The highest BCUT2D eigenvalue weighted by atomic mass is 32.2. The van der Waals surface area contributed by atoms with Crippen LogP contribution in [0.15, 0.2) is 29.2 Å². The predicted octanol–water partition coefficient (Wildman–Crippen LogP) is 1.66. The van der Waals surface area contributed by atoms with E-state index in [4.69, 9.17) is 0 Å². The van der Waals surface area contributed by atoms with E-state index in [0.29, 0.717) is 5.56 Å². The molecule has 1 saturated carbocycles. The Morgan fingerprint density at radius 1 is 1.30 bits per heavy atom. The molecule has 110 valence electrons. The smallest absolute Gasteiger partial charge is 0.251 e. The molecule has 0 unspecified atom stereocenters. The molecule has 2 N–H and O–H groups in total. The van der Waals surface area contributed by atoms with Crippen LogP contribution in [0.25, 0.3) is 0 Å². The van der Waals surface area contributed by atoms with Crippen LogP contribution in [0.4, 0.5) is 0 Å². The van der Waals surface area contributed by atoms with Gasteiger partial charge in [0.05, 0.1) is 4.90 Å². The van der Waals surface area contributed by atoms with E-state index >= 15 is 0 Å². The first-order valence-corrected chi connectivity index (χ1v) is 8.34. The molecule has 6 heteroatoms. The highest BCUT2D eigenvalue weighted by Gasteiger charge is 2.24. The van der Waals surface area contributed by atoms with Crippen LogP contribution in [0.1, 0.15) is 43.5 Å². The maximum absolute atomic E-state index is 12.1. The minimum Gasteiger partial charge on any atom is -0.349 e. The van der Waals surface area contributed by atoms with E-state index in [-0.39, 0.29) is 22.9 Å². The quantitative estimate of drug-likeness (QED) is 0.838. The van der Waals surface area contributed by atoms with Crippen molar-refractivity contribution in [3.63, 3.8) is 0 Å². The van der Waals surface area contributed by atoms with Gasteiger partial charge in [0.25, 0.3) is 5.91 Å². The second-order valence-electron chi connectivity index (χ2n) is 5.20. The summed E-state index contributed by atoms with van der Waals surface area (Å²) in [4.78, 5) is 12.0. The van der Waals surface area contributed by atoms with Crippen LogP contribution in [0.2, 0.25) is 0 Å². The lowest BCUT2D eigenvalue weighted by Crippen LogP contribution is -2.32. The van der Waals surface area contributed by atoms with Crippen molar-refractivity contribution in [2.75, 3.05) is 0 Å². The van der Waals surface area contributed by atoms with Gasteiger partial charge >= 0.3 is 0 Å². The third kappa shape index (κ3) is 3.80. The third-order valence-corrected chi connectivity index (χ3v) is 4.91. The SMILES string of the molecule is CC[C@H](C)NS(=O)(=O)c1ccc(C(=O)NC2CC2)cc1. The monoisotopic (exact) mass is 296 g/mol. The molecule has 1 aromatic rings. The zero-order chi connectivity index (χ0) is 14.8. The molecule has 0 spiro atoms. The number of hydrogen-bond donors (Lipinski definition) is 2. The maximum Gasteiger partial charge on any atom is 0.251 e. The second kappa shape index (κ2) is 5.93. The van der Waals surface area contributed by atoms with Crippen LogP contribution in [0.3, 0.4) is 0 Å². The van der Waals surface area contributed by atoms with E-state index < -0.39 is 10.0 Å². The van der Waals surface area contributed by atoms with Gasteiger partial charge in [-0.25, -0.2) is 13.1 Å². The Bertz CT molecular complexity index is 577. The van der Waals surface area contributed by atoms with Crippen LogP contribution in [-0.2, 0) is 10.0 Å². The summed E-state index contributed by atoms with van der Waals surface area (Å²) in [5, 5.41) is 2.87. The molecule has 1 amide bonds. The largest absolute Gasteiger partial charge is 0.349 e. The van der Waals surface area contributed by atoms with Crippen molar-refractivity contribution in [2.45, 2.75) is 50.1 Å². The number of rotatable bonds is 6. The normalized spacial score (nSPS) is 16.7. The van der Waals surface area contributed by atoms with Gasteiger partial charge in [-0.1, -0.05) is 6.92 Å². The van der Waals surface area contributed by atoms with Crippen molar-refractivity contribution in [3.05, 3.63) is 29.8 Å². The summed E-state index contributed by atoms with van der Waals surface area (Å²) in [6.45, 7) is 3.73. The molecular formula is C14H20N2O3S. The Morgan fingerprint density at radius 2 is 1.90 bits per heavy atom. The molecule has 1 aliphatic rings. The van der Waals surface area contributed by atoms with Crippen LogP contribution >= 0.6 is 0 Å². The molecule has 1 aromatic carbocycles. The van der Waals surface area contributed by atoms with E-state index in [1.165, 1.54) is 12.1 Å². The molecule has 2 rings (SSSR count). The minimum atomic E-state index is -3.51. The van der Waals surface area contributed by atoms with Crippen LogP contribution < -0.4 is 10.0 Å². The van der Waals surface area contributed by atoms with Crippen LogP contribution in [0.5, 0.6) is 0 Å². The molecule has 0 saturated heterocycles. The summed E-state index contributed by atoms with van der Waals surface area (Å²) in [5.41, 5.74) is 0.486. The van der Waals surface area contributed by atoms with E-state index in [1.54, 1.807) is 12.1 Å². The Labute approximate surface area is 119 Å². The lowest BCUT2D eigenvalue weighted by Gasteiger charge is -2.12. The summed E-state index contributed by atoms with van der Waals surface area (Å²) >= 11 is 0. The number of hydrogen-bond acceptors (Lipinski definition) is 3. The topological polar surface area (TPSA) is 75.3 Å². The van der Waals surface area contributed by atoms with Gasteiger partial charge in [-0.05, 0) is 50.5 Å². The molecule has 1 fully saturated rings. The molecule has 0 aliphatic heterocycles. The minimum absolute atomic E-state index is 0.113. The number of sulfonamides is 1. The first kappa shape index (κ1) is 15.0. The number of carbonyl (C=O) groups is 1. The molecule has 5 nitrogen and oxygen atoms in total. The zero-order valence-electron chi connectivity index (χ0n) is 11.7. The lowest BCUT2D eigenvalue weighted by atomic mass is 10.2. The Balaban J connectivity index is 2.08. The van der Waals surface area contributed by atoms with E-state index in [1.807, 2.05) is 13.8 Å². The number of nitrogens with one attached hydrogen (secondary N) is 2. The average molecular weight is 296 g/mol. The fraction of sp³-hybridized carbons (Fsp3) is 0.500. The van der Waals surface area contributed by atoms with Crippen LogP contribution in [0, 0.1) is 0 Å². The Kier molecular flexibility index (Phi) is 4.45. The average Bonchev–Trinajstić information content (AvgIpc) is 3.22. The van der Waals surface area contributed by atoms with Gasteiger partial charge in [-0.2, -0.15) is 0 Å². The zero-order valence-corrected chi connectivity index (χ0v) is 12.5. The standard InChI is InChI=1S/C14H20N2O3S/c1-3-10(2)16-20(18,19)13-8-4-11(5-9-13)14(17)15-12-6-7-12/h4-5,8-10,12,16H,3,6-7H2,1-2H3,(H,15,17)/t10-/m0/s1. The van der Waals surface area contributed by atoms with Crippen molar-refractivity contribution in [1.82, 2.24) is 10.0 Å². The number of carbonyl (C=O) groups excluding carboxylic acids is 1.